The molecule has 13 heavy (non-hydrogen) atoms. The van der Waals surface area contributed by atoms with Crippen LogP contribution in [0.15, 0.2) is 30.5 Å². The van der Waals surface area contributed by atoms with E-state index in [4.69, 9.17) is 0 Å². The van der Waals surface area contributed by atoms with Crippen molar-refractivity contribution >= 4 is 5.70 Å². The SMILES string of the molecule is CCc1cccc(C2=CNCN2)c1. The number of nitrogens with one attached hydrogen (secondary N) is 2. The Kier molecular flexibility index (Phi) is 2.21. The van der Waals surface area contributed by atoms with Gasteiger partial charge in [0.15, 0.2) is 0 Å². The molecule has 0 fully saturated rings. The van der Waals surface area contributed by atoms with Crippen LogP contribution in [0.4, 0.5) is 0 Å². The summed E-state index contributed by atoms with van der Waals surface area (Å²) in [6, 6.07) is 8.62. The zero-order valence-corrected chi connectivity index (χ0v) is 7.80. The lowest BCUT2D eigenvalue weighted by molar-refractivity contribution is 0.842. The molecule has 2 N–H and O–H groups in total. The van der Waals surface area contributed by atoms with E-state index in [1.165, 1.54) is 16.8 Å². The number of hydrogen-bond acceptors (Lipinski definition) is 2. The fraction of sp³-hybridized carbons (Fsp3) is 0.273. The molecule has 1 aliphatic rings. The molecule has 1 heterocycles. The zero-order valence-electron chi connectivity index (χ0n) is 7.80. The molecular weight excluding hydrogens is 160 g/mol. The Morgan fingerprint density at radius 1 is 1.38 bits per heavy atom. The average molecular weight is 174 g/mol. The van der Waals surface area contributed by atoms with Crippen LogP contribution in [0.3, 0.4) is 0 Å². The molecule has 1 aromatic carbocycles. The monoisotopic (exact) mass is 174 g/mol. The van der Waals surface area contributed by atoms with Gasteiger partial charge in [0.2, 0.25) is 0 Å². The molecule has 0 spiro atoms. The Bertz CT molecular complexity index is 329. The third kappa shape index (κ3) is 1.66. The summed E-state index contributed by atoms with van der Waals surface area (Å²) in [7, 11) is 0. The first kappa shape index (κ1) is 8.17. The minimum Gasteiger partial charge on any atom is -0.372 e. The van der Waals surface area contributed by atoms with Crippen LogP contribution in [0.25, 0.3) is 5.70 Å². The van der Waals surface area contributed by atoms with Gasteiger partial charge in [0.25, 0.3) is 0 Å². The van der Waals surface area contributed by atoms with Gasteiger partial charge in [0.1, 0.15) is 0 Å². The van der Waals surface area contributed by atoms with Crippen molar-refractivity contribution in [2.75, 3.05) is 6.67 Å². The number of aryl methyl sites for hydroxylation is 1. The van der Waals surface area contributed by atoms with Crippen LogP contribution < -0.4 is 10.6 Å². The van der Waals surface area contributed by atoms with Crippen molar-refractivity contribution in [3.63, 3.8) is 0 Å². The van der Waals surface area contributed by atoms with E-state index in [-0.39, 0.29) is 0 Å². The Balaban J connectivity index is 2.29. The van der Waals surface area contributed by atoms with Crippen molar-refractivity contribution in [3.05, 3.63) is 41.6 Å². The van der Waals surface area contributed by atoms with Gasteiger partial charge in [-0.1, -0.05) is 25.1 Å². The maximum atomic E-state index is 3.27. The molecule has 2 nitrogen and oxygen atoms in total. The lowest BCUT2D eigenvalue weighted by Crippen LogP contribution is -2.13. The Morgan fingerprint density at radius 3 is 3.00 bits per heavy atom. The topological polar surface area (TPSA) is 24.1 Å². The summed E-state index contributed by atoms with van der Waals surface area (Å²) in [5.41, 5.74) is 3.84. The molecule has 1 aromatic rings. The standard InChI is InChI=1S/C11H14N2/c1-2-9-4-3-5-10(6-9)11-7-12-8-13-11/h3-7,12-13H,2,8H2,1H3. The molecule has 0 amide bonds. The number of rotatable bonds is 2. The van der Waals surface area contributed by atoms with E-state index in [9.17, 15) is 0 Å². The van der Waals surface area contributed by atoms with Crippen molar-refractivity contribution in [1.29, 1.82) is 0 Å². The molecule has 68 valence electrons. The largest absolute Gasteiger partial charge is 0.372 e. The molecule has 2 heteroatoms. The first-order valence-electron chi connectivity index (χ1n) is 4.67. The molecule has 0 unspecified atom stereocenters. The van der Waals surface area contributed by atoms with E-state index in [2.05, 4.69) is 41.8 Å². The highest BCUT2D eigenvalue weighted by molar-refractivity contribution is 5.65. The van der Waals surface area contributed by atoms with E-state index < -0.39 is 0 Å². The summed E-state index contributed by atoms with van der Waals surface area (Å²) in [4.78, 5) is 0. The molecule has 2 rings (SSSR count). The molecule has 0 radical (unpaired) electrons. The van der Waals surface area contributed by atoms with E-state index in [0.29, 0.717) is 0 Å². The first-order valence-corrected chi connectivity index (χ1v) is 4.67. The van der Waals surface area contributed by atoms with Crippen molar-refractivity contribution < 1.29 is 0 Å². The fourth-order valence-electron chi connectivity index (χ4n) is 1.49. The molecule has 0 atom stereocenters. The zero-order chi connectivity index (χ0) is 9.10. The Labute approximate surface area is 78.7 Å². The number of hydrogen-bond donors (Lipinski definition) is 2. The second-order valence-corrected chi connectivity index (χ2v) is 3.17. The highest BCUT2D eigenvalue weighted by Gasteiger charge is 2.04. The molecule has 0 saturated carbocycles. The summed E-state index contributed by atoms with van der Waals surface area (Å²) in [5, 5.41) is 6.41. The maximum Gasteiger partial charge on any atom is 0.0846 e. The fourth-order valence-corrected chi connectivity index (χ4v) is 1.49. The minimum atomic E-state index is 0.839. The average Bonchev–Trinajstić information content (AvgIpc) is 2.71. The summed E-state index contributed by atoms with van der Waals surface area (Å²) in [6.07, 6.45) is 3.11. The molecule has 0 aromatic heterocycles. The van der Waals surface area contributed by atoms with E-state index in [1.807, 2.05) is 6.20 Å². The van der Waals surface area contributed by atoms with Gasteiger partial charge in [0, 0.05) is 6.20 Å². The van der Waals surface area contributed by atoms with Crippen LogP contribution in [-0.2, 0) is 6.42 Å². The minimum absolute atomic E-state index is 0.839. The van der Waals surface area contributed by atoms with Gasteiger partial charge in [-0.3, -0.25) is 0 Å². The summed E-state index contributed by atoms with van der Waals surface area (Å²) in [6.45, 7) is 3.01. The second-order valence-electron chi connectivity index (χ2n) is 3.17. The third-order valence-electron chi connectivity index (χ3n) is 2.27. The van der Waals surface area contributed by atoms with Crippen LogP contribution in [0.1, 0.15) is 18.1 Å². The van der Waals surface area contributed by atoms with E-state index >= 15 is 0 Å². The smallest absolute Gasteiger partial charge is 0.0846 e. The maximum absolute atomic E-state index is 3.27. The van der Waals surface area contributed by atoms with Gasteiger partial charge in [-0.25, -0.2) is 0 Å². The first-order chi connectivity index (χ1) is 6.40. The molecule has 0 aliphatic carbocycles. The van der Waals surface area contributed by atoms with Crippen LogP contribution >= 0.6 is 0 Å². The predicted molar refractivity (Wildman–Crippen MR) is 54.9 cm³/mol. The van der Waals surface area contributed by atoms with Gasteiger partial charge in [0.05, 0.1) is 12.4 Å². The van der Waals surface area contributed by atoms with Crippen LogP contribution in [0.5, 0.6) is 0 Å². The van der Waals surface area contributed by atoms with Crippen molar-refractivity contribution in [3.8, 4) is 0 Å². The van der Waals surface area contributed by atoms with Gasteiger partial charge in [-0.05, 0) is 23.6 Å². The molecular formula is C11H14N2. The Morgan fingerprint density at radius 2 is 2.31 bits per heavy atom. The summed E-state index contributed by atoms with van der Waals surface area (Å²) in [5.74, 6) is 0. The third-order valence-corrected chi connectivity index (χ3v) is 2.27. The highest BCUT2D eigenvalue weighted by atomic mass is 15.1. The predicted octanol–water partition coefficient (Wildman–Crippen LogP) is 1.70. The lowest BCUT2D eigenvalue weighted by Gasteiger charge is -2.04. The van der Waals surface area contributed by atoms with Crippen molar-refractivity contribution in [2.45, 2.75) is 13.3 Å². The molecule has 1 aliphatic heterocycles. The molecule has 0 saturated heterocycles. The van der Waals surface area contributed by atoms with Crippen LogP contribution in [-0.4, -0.2) is 6.67 Å². The lowest BCUT2D eigenvalue weighted by atomic mass is 10.1. The van der Waals surface area contributed by atoms with Crippen molar-refractivity contribution in [1.82, 2.24) is 10.6 Å². The highest BCUT2D eigenvalue weighted by Crippen LogP contribution is 2.14. The summed E-state index contributed by atoms with van der Waals surface area (Å²) < 4.78 is 0. The molecule has 0 bridgehead atoms. The quantitative estimate of drug-likeness (QED) is 0.713. The van der Waals surface area contributed by atoms with E-state index in [1.54, 1.807) is 0 Å². The number of benzene rings is 1. The van der Waals surface area contributed by atoms with Gasteiger partial charge < -0.3 is 10.6 Å². The second kappa shape index (κ2) is 3.52. The Hall–Kier alpha value is -1.44. The van der Waals surface area contributed by atoms with E-state index in [0.717, 1.165) is 13.1 Å². The van der Waals surface area contributed by atoms with Gasteiger partial charge in [-0.2, -0.15) is 0 Å². The van der Waals surface area contributed by atoms with Crippen molar-refractivity contribution in [2.24, 2.45) is 0 Å². The van der Waals surface area contributed by atoms with Crippen LogP contribution in [0.2, 0.25) is 0 Å². The normalized spacial score (nSPS) is 14.7. The van der Waals surface area contributed by atoms with Gasteiger partial charge in [-0.15, -0.1) is 0 Å². The summed E-state index contributed by atoms with van der Waals surface area (Å²) >= 11 is 0. The van der Waals surface area contributed by atoms with Crippen LogP contribution in [0, 0.1) is 0 Å². The van der Waals surface area contributed by atoms with Gasteiger partial charge >= 0.3 is 0 Å².